The number of hydrogen-bond donors (Lipinski definition) is 0. The van der Waals surface area contributed by atoms with Gasteiger partial charge in [0.15, 0.2) is 0 Å². The second-order valence-corrected chi connectivity index (χ2v) is 5.40. The smallest absolute Gasteiger partial charge is 0.112 e. The molecule has 1 aromatic rings. The van der Waals surface area contributed by atoms with Crippen LogP contribution in [-0.4, -0.2) is 23.3 Å². The molecule has 0 bridgehead atoms. The van der Waals surface area contributed by atoms with Gasteiger partial charge < -0.3 is 4.74 Å². The van der Waals surface area contributed by atoms with Crippen LogP contribution in [0.5, 0.6) is 0 Å². The standard InChI is InChI=1S/C15H18N2O/c1-15(11-16)9-5-8-14-17(15)13(10-18-14)12-6-3-2-4-7-12/h2-4,6-7,13-14H,5,8-10H2,1H3. The number of piperidine rings is 1. The molecule has 2 fully saturated rings. The van der Waals surface area contributed by atoms with Crippen LogP contribution in [0.3, 0.4) is 0 Å². The highest BCUT2D eigenvalue weighted by atomic mass is 16.5. The van der Waals surface area contributed by atoms with E-state index in [9.17, 15) is 5.26 Å². The van der Waals surface area contributed by atoms with Crippen molar-refractivity contribution in [3.63, 3.8) is 0 Å². The first kappa shape index (κ1) is 11.7. The molecule has 18 heavy (non-hydrogen) atoms. The van der Waals surface area contributed by atoms with E-state index in [1.54, 1.807) is 0 Å². The van der Waals surface area contributed by atoms with Crippen LogP contribution in [0, 0.1) is 11.3 Å². The third-order valence-electron chi connectivity index (χ3n) is 4.20. The van der Waals surface area contributed by atoms with E-state index in [4.69, 9.17) is 4.74 Å². The van der Waals surface area contributed by atoms with Gasteiger partial charge in [0.25, 0.3) is 0 Å². The molecular formula is C15H18N2O. The minimum absolute atomic E-state index is 0.119. The van der Waals surface area contributed by atoms with Gasteiger partial charge in [-0.05, 0) is 31.7 Å². The minimum Gasteiger partial charge on any atom is -0.361 e. The highest BCUT2D eigenvalue weighted by Gasteiger charge is 2.48. The Morgan fingerprint density at radius 3 is 2.89 bits per heavy atom. The zero-order valence-corrected chi connectivity index (χ0v) is 10.7. The number of fused-ring (bicyclic) bond motifs is 1. The fraction of sp³-hybridized carbons (Fsp3) is 0.533. The lowest BCUT2D eigenvalue weighted by molar-refractivity contribution is -0.0452. The second-order valence-electron chi connectivity index (χ2n) is 5.40. The van der Waals surface area contributed by atoms with Gasteiger partial charge >= 0.3 is 0 Å². The topological polar surface area (TPSA) is 36.3 Å². The van der Waals surface area contributed by atoms with Gasteiger partial charge in [0.05, 0.1) is 18.7 Å². The van der Waals surface area contributed by atoms with Crippen molar-refractivity contribution in [3.05, 3.63) is 35.9 Å². The summed E-state index contributed by atoms with van der Waals surface area (Å²) in [5, 5.41) is 9.51. The van der Waals surface area contributed by atoms with Crippen LogP contribution in [0.4, 0.5) is 0 Å². The molecule has 0 radical (unpaired) electrons. The number of rotatable bonds is 1. The fourth-order valence-electron chi connectivity index (χ4n) is 3.24. The van der Waals surface area contributed by atoms with Crippen molar-refractivity contribution in [1.82, 2.24) is 4.90 Å². The molecule has 2 aliphatic rings. The summed E-state index contributed by atoms with van der Waals surface area (Å²) >= 11 is 0. The molecule has 0 N–H and O–H groups in total. The molecule has 3 heteroatoms. The Bertz CT molecular complexity index is 467. The third kappa shape index (κ3) is 1.73. The van der Waals surface area contributed by atoms with Crippen molar-refractivity contribution < 1.29 is 4.74 Å². The van der Waals surface area contributed by atoms with Crippen LogP contribution in [0.15, 0.2) is 30.3 Å². The normalized spacial score (nSPS) is 36.0. The molecule has 0 aromatic heterocycles. The highest BCUT2D eigenvalue weighted by molar-refractivity contribution is 5.23. The van der Waals surface area contributed by atoms with Gasteiger partial charge in [-0.25, -0.2) is 0 Å². The number of benzene rings is 1. The molecule has 2 heterocycles. The lowest BCUT2D eigenvalue weighted by atomic mass is 9.87. The van der Waals surface area contributed by atoms with E-state index in [1.165, 1.54) is 5.56 Å². The second kappa shape index (κ2) is 4.38. The molecule has 3 unspecified atom stereocenters. The summed E-state index contributed by atoms with van der Waals surface area (Å²) in [7, 11) is 0. The van der Waals surface area contributed by atoms with Crippen molar-refractivity contribution in [2.24, 2.45) is 0 Å². The first-order valence-electron chi connectivity index (χ1n) is 6.61. The van der Waals surface area contributed by atoms with E-state index >= 15 is 0 Å². The predicted octanol–water partition coefficient (Wildman–Crippen LogP) is 2.85. The van der Waals surface area contributed by atoms with Gasteiger partial charge in [-0.3, -0.25) is 4.90 Å². The number of nitrogens with zero attached hydrogens (tertiary/aromatic N) is 2. The van der Waals surface area contributed by atoms with E-state index in [2.05, 4.69) is 35.2 Å². The molecule has 2 saturated heterocycles. The molecule has 94 valence electrons. The summed E-state index contributed by atoms with van der Waals surface area (Å²) in [5.41, 5.74) is 0.864. The Kier molecular flexibility index (Phi) is 2.85. The molecule has 3 atom stereocenters. The predicted molar refractivity (Wildman–Crippen MR) is 68.6 cm³/mol. The first-order valence-corrected chi connectivity index (χ1v) is 6.61. The summed E-state index contributed by atoms with van der Waals surface area (Å²) in [4.78, 5) is 2.28. The summed E-state index contributed by atoms with van der Waals surface area (Å²) in [6, 6.07) is 13.1. The van der Waals surface area contributed by atoms with Crippen LogP contribution in [0.2, 0.25) is 0 Å². The Balaban J connectivity index is 1.96. The van der Waals surface area contributed by atoms with Crippen LogP contribution >= 0.6 is 0 Å². The van der Waals surface area contributed by atoms with Crippen molar-refractivity contribution in [2.45, 2.75) is 44.0 Å². The molecule has 0 amide bonds. The maximum absolute atomic E-state index is 9.51. The maximum Gasteiger partial charge on any atom is 0.112 e. The Labute approximate surface area is 108 Å². The monoisotopic (exact) mass is 242 g/mol. The van der Waals surface area contributed by atoms with Gasteiger partial charge in [0.2, 0.25) is 0 Å². The average molecular weight is 242 g/mol. The van der Waals surface area contributed by atoms with Gasteiger partial charge in [0, 0.05) is 0 Å². The summed E-state index contributed by atoms with van der Waals surface area (Å²) in [6.07, 6.45) is 3.17. The Morgan fingerprint density at radius 2 is 2.17 bits per heavy atom. The van der Waals surface area contributed by atoms with Gasteiger partial charge in [0.1, 0.15) is 11.8 Å². The summed E-state index contributed by atoms with van der Waals surface area (Å²) in [5.74, 6) is 0. The van der Waals surface area contributed by atoms with Crippen molar-refractivity contribution in [3.8, 4) is 6.07 Å². The van der Waals surface area contributed by atoms with E-state index in [0.717, 1.165) is 19.3 Å². The van der Waals surface area contributed by atoms with Crippen LogP contribution in [0.1, 0.15) is 37.8 Å². The van der Waals surface area contributed by atoms with E-state index in [0.29, 0.717) is 6.61 Å². The number of ether oxygens (including phenoxy) is 1. The molecule has 0 aliphatic carbocycles. The van der Waals surface area contributed by atoms with Gasteiger partial charge in [-0.2, -0.15) is 5.26 Å². The molecule has 3 nitrogen and oxygen atoms in total. The largest absolute Gasteiger partial charge is 0.361 e. The minimum atomic E-state index is -0.389. The number of nitriles is 1. The highest BCUT2D eigenvalue weighted by Crippen LogP contribution is 2.43. The fourth-order valence-corrected chi connectivity index (χ4v) is 3.24. The molecular weight excluding hydrogens is 224 g/mol. The zero-order valence-electron chi connectivity index (χ0n) is 10.7. The molecule has 3 rings (SSSR count). The first-order chi connectivity index (χ1) is 8.74. The lowest BCUT2D eigenvalue weighted by Crippen LogP contribution is -2.52. The SMILES string of the molecule is CC1(C#N)CCCC2OCC(c3ccccc3)N21. The zero-order chi connectivity index (χ0) is 12.6. The van der Waals surface area contributed by atoms with Crippen molar-refractivity contribution >= 4 is 0 Å². The quantitative estimate of drug-likeness (QED) is 0.759. The van der Waals surface area contributed by atoms with Crippen LogP contribution in [-0.2, 0) is 4.74 Å². The lowest BCUT2D eigenvalue weighted by Gasteiger charge is -2.43. The van der Waals surface area contributed by atoms with Gasteiger partial charge in [-0.15, -0.1) is 0 Å². The van der Waals surface area contributed by atoms with Crippen LogP contribution in [0.25, 0.3) is 0 Å². The van der Waals surface area contributed by atoms with Crippen LogP contribution < -0.4 is 0 Å². The van der Waals surface area contributed by atoms with E-state index < -0.39 is 0 Å². The summed E-state index contributed by atoms with van der Waals surface area (Å²) in [6.45, 7) is 2.75. The van der Waals surface area contributed by atoms with Crippen molar-refractivity contribution in [1.29, 1.82) is 5.26 Å². The summed E-state index contributed by atoms with van der Waals surface area (Å²) < 4.78 is 5.90. The Hall–Kier alpha value is -1.37. The molecule has 0 saturated carbocycles. The van der Waals surface area contributed by atoms with Gasteiger partial charge in [-0.1, -0.05) is 30.3 Å². The Morgan fingerprint density at radius 1 is 1.39 bits per heavy atom. The molecule has 2 aliphatic heterocycles. The van der Waals surface area contributed by atoms with E-state index in [1.807, 2.05) is 13.0 Å². The van der Waals surface area contributed by atoms with E-state index in [-0.39, 0.29) is 17.8 Å². The third-order valence-corrected chi connectivity index (χ3v) is 4.20. The molecule has 1 aromatic carbocycles. The molecule has 0 spiro atoms. The van der Waals surface area contributed by atoms with Crippen molar-refractivity contribution in [2.75, 3.05) is 6.61 Å². The number of hydrogen-bond acceptors (Lipinski definition) is 3. The maximum atomic E-state index is 9.51. The average Bonchev–Trinajstić information content (AvgIpc) is 2.85.